The number of thioether (sulfide) groups is 1. The van der Waals surface area contributed by atoms with Gasteiger partial charge >= 0.3 is 0 Å². The summed E-state index contributed by atoms with van der Waals surface area (Å²) >= 11 is 7.70. The van der Waals surface area contributed by atoms with E-state index in [0.717, 1.165) is 18.5 Å². The van der Waals surface area contributed by atoms with Crippen LogP contribution in [0.4, 0.5) is 15.8 Å². The lowest BCUT2D eigenvalue weighted by atomic mass is 9.94. The van der Waals surface area contributed by atoms with Crippen LogP contribution in [0.2, 0.25) is 5.02 Å². The molecule has 2 nitrogen and oxygen atoms in total. The third-order valence-electron chi connectivity index (χ3n) is 3.41. The summed E-state index contributed by atoms with van der Waals surface area (Å²) in [5, 5.41) is 4.21. The Morgan fingerprint density at radius 1 is 1.44 bits per heavy atom. The van der Waals surface area contributed by atoms with Crippen LogP contribution >= 0.6 is 23.4 Å². The van der Waals surface area contributed by atoms with Crippen LogP contribution in [0.25, 0.3) is 0 Å². The maximum atomic E-state index is 13.2. The first-order valence-electron chi connectivity index (χ1n) is 6.14. The summed E-state index contributed by atoms with van der Waals surface area (Å²) in [7, 11) is 0. The van der Waals surface area contributed by atoms with Crippen LogP contribution in [0, 0.1) is 5.82 Å². The van der Waals surface area contributed by atoms with Gasteiger partial charge in [-0.05, 0) is 31.6 Å². The third kappa shape index (κ3) is 3.23. The molecule has 18 heavy (non-hydrogen) atoms. The van der Waals surface area contributed by atoms with E-state index in [9.17, 15) is 4.39 Å². The predicted molar refractivity (Wildman–Crippen MR) is 79.0 cm³/mol. The minimum absolute atomic E-state index is 0.115. The van der Waals surface area contributed by atoms with Crippen molar-refractivity contribution < 1.29 is 4.39 Å². The highest BCUT2D eigenvalue weighted by molar-refractivity contribution is 7.99. The number of anilines is 2. The van der Waals surface area contributed by atoms with E-state index < -0.39 is 5.82 Å². The second kappa shape index (κ2) is 6.02. The molecule has 2 rings (SSSR count). The summed E-state index contributed by atoms with van der Waals surface area (Å²) < 4.78 is 13.2. The van der Waals surface area contributed by atoms with E-state index in [0.29, 0.717) is 17.0 Å². The van der Waals surface area contributed by atoms with Crippen LogP contribution in [0.15, 0.2) is 12.1 Å². The van der Waals surface area contributed by atoms with Crippen molar-refractivity contribution in [2.24, 2.45) is 0 Å². The van der Waals surface area contributed by atoms with E-state index in [1.54, 1.807) is 6.07 Å². The van der Waals surface area contributed by atoms with Crippen molar-refractivity contribution in [2.45, 2.75) is 37.0 Å². The molecule has 0 heterocycles. The molecule has 5 heteroatoms. The second-order valence-corrected chi connectivity index (χ2v) is 6.26. The summed E-state index contributed by atoms with van der Waals surface area (Å²) in [6, 6.07) is 3.26. The predicted octanol–water partition coefficient (Wildman–Crippen LogP) is 4.15. The van der Waals surface area contributed by atoms with Gasteiger partial charge in [0.2, 0.25) is 0 Å². The Kier molecular flexibility index (Phi) is 4.62. The minimum atomic E-state index is -0.467. The lowest BCUT2D eigenvalue weighted by Crippen LogP contribution is -2.28. The van der Waals surface area contributed by atoms with Crippen LogP contribution in [0.3, 0.4) is 0 Å². The fourth-order valence-corrected chi connectivity index (χ4v) is 3.39. The average molecular weight is 289 g/mol. The number of nitrogens with one attached hydrogen (secondary N) is 1. The maximum Gasteiger partial charge on any atom is 0.143 e. The van der Waals surface area contributed by atoms with E-state index in [-0.39, 0.29) is 5.02 Å². The molecule has 1 aromatic rings. The summed E-state index contributed by atoms with van der Waals surface area (Å²) in [5.41, 5.74) is 6.97. The standard InChI is InChI=1S/C13H18ClFN2S/c1-18-9-4-2-3-8(5-9)17-13-6-10(14)11(15)7-12(13)16/h6-9,17H,2-5,16H2,1H3. The van der Waals surface area contributed by atoms with Gasteiger partial charge in [0.25, 0.3) is 0 Å². The summed E-state index contributed by atoms with van der Waals surface area (Å²) in [6.45, 7) is 0. The number of rotatable bonds is 3. The van der Waals surface area contributed by atoms with Gasteiger partial charge in [0.05, 0.1) is 16.4 Å². The molecular weight excluding hydrogens is 271 g/mol. The number of nitrogens with two attached hydrogens (primary N) is 1. The van der Waals surface area contributed by atoms with Gasteiger partial charge in [-0.15, -0.1) is 0 Å². The summed E-state index contributed by atoms with van der Waals surface area (Å²) in [6.07, 6.45) is 6.90. The van der Waals surface area contributed by atoms with Crippen molar-refractivity contribution in [1.29, 1.82) is 0 Å². The first kappa shape index (κ1) is 13.8. The lowest BCUT2D eigenvalue weighted by Gasteiger charge is -2.29. The quantitative estimate of drug-likeness (QED) is 0.821. The van der Waals surface area contributed by atoms with Gasteiger partial charge in [-0.2, -0.15) is 11.8 Å². The average Bonchev–Trinajstić information content (AvgIpc) is 2.36. The van der Waals surface area contributed by atoms with Gasteiger partial charge in [-0.25, -0.2) is 4.39 Å². The normalized spacial score (nSPS) is 23.9. The zero-order valence-electron chi connectivity index (χ0n) is 10.4. The van der Waals surface area contributed by atoms with Crippen LogP contribution < -0.4 is 11.1 Å². The molecule has 1 aliphatic carbocycles. The molecule has 0 aromatic heterocycles. The Labute approximate surface area is 116 Å². The Morgan fingerprint density at radius 3 is 2.94 bits per heavy atom. The lowest BCUT2D eigenvalue weighted by molar-refractivity contribution is 0.474. The van der Waals surface area contributed by atoms with Gasteiger partial charge in [-0.1, -0.05) is 18.0 Å². The van der Waals surface area contributed by atoms with Crippen molar-refractivity contribution in [3.8, 4) is 0 Å². The highest BCUT2D eigenvalue weighted by atomic mass is 35.5. The van der Waals surface area contributed by atoms with Crippen molar-refractivity contribution in [3.63, 3.8) is 0 Å². The fraction of sp³-hybridized carbons (Fsp3) is 0.538. The summed E-state index contributed by atoms with van der Waals surface area (Å²) in [4.78, 5) is 0. The van der Waals surface area contributed by atoms with Gasteiger partial charge in [0, 0.05) is 17.4 Å². The molecule has 3 N–H and O–H groups in total. The molecule has 1 saturated carbocycles. The molecule has 100 valence electrons. The SMILES string of the molecule is CSC1CCCC(Nc2cc(Cl)c(F)cc2N)C1. The van der Waals surface area contributed by atoms with Crippen LogP contribution in [-0.4, -0.2) is 17.5 Å². The highest BCUT2D eigenvalue weighted by Crippen LogP contribution is 2.32. The van der Waals surface area contributed by atoms with Crippen LogP contribution in [0.1, 0.15) is 25.7 Å². The van der Waals surface area contributed by atoms with E-state index >= 15 is 0 Å². The Hall–Kier alpha value is -0.610. The first-order valence-corrected chi connectivity index (χ1v) is 7.80. The van der Waals surface area contributed by atoms with E-state index in [1.807, 2.05) is 11.8 Å². The van der Waals surface area contributed by atoms with Crippen molar-refractivity contribution >= 4 is 34.7 Å². The maximum absolute atomic E-state index is 13.2. The Bertz CT molecular complexity index is 428. The molecule has 1 fully saturated rings. The number of benzene rings is 1. The van der Waals surface area contributed by atoms with Crippen LogP contribution in [-0.2, 0) is 0 Å². The van der Waals surface area contributed by atoms with Crippen molar-refractivity contribution in [1.82, 2.24) is 0 Å². The molecule has 1 aliphatic rings. The highest BCUT2D eigenvalue weighted by Gasteiger charge is 2.21. The van der Waals surface area contributed by atoms with E-state index in [4.69, 9.17) is 17.3 Å². The van der Waals surface area contributed by atoms with Gasteiger partial charge in [0.1, 0.15) is 5.82 Å². The van der Waals surface area contributed by atoms with Crippen molar-refractivity contribution in [2.75, 3.05) is 17.3 Å². The molecule has 0 bridgehead atoms. The van der Waals surface area contributed by atoms with Crippen LogP contribution in [0.5, 0.6) is 0 Å². The molecule has 0 amide bonds. The zero-order chi connectivity index (χ0) is 13.1. The summed E-state index contributed by atoms with van der Waals surface area (Å²) in [5.74, 6) is -0.467. The molecule has 2 atom stereocenters. The Balaban J connectivity index is 2.07. The number of hydrogen-bond acceptors (Lipinski definition) is 3. The topological polar surface area (TPSA) is 38.0 Å². The molecule has 0 spiro atoms. The monoisotopic (exact) mass is 288 g/mol. The van der Waals surface area contributed by atoms with Gasteiger partial charge < -0.3 is 11.1 Å². The molecule has 2 unspecified atom stereocenters. The zero-order valence-corrected chi connectivity index (χ0v) is 12.0. The van der Waals surface area contributed by atoms with E-state index in [1.165, 1.54) is 18.9 Å². The minimum Gasteiger partial charge on any atom is -0.397 e. The van der Waals surface area contributed by atoms with Gasteiger partial charge in [-0.3, -0.25) is 0 Å². The second-order valence-electron chi connectivity index (χ2n) is 4.72. The Morgan fingerprint density at radius 2 is 2.22 bits per heavy atom. The number of nitrogen functional groups attached to an aromatic ring is 1. The molecule has 0 aliphatic heterocycles. The molecular formula is C13H18ClFN2S. The first-order chi connectivity index (χ1) is 8.60. The molecule has 1 aromatic carbocycles. The number of hydrogen-bond donors (Lipinski definition) is 2. The smallest absolute Gasteiger partial charge is 0.143 e. The molecule has 0 radical (unpaired) electrons. The van der Waals surface area contributed by atoms with E-state index in [2.05, 4.69) is 11.6 Å². The largest absolute Gasteiger partial charge is 0.397 e. The van der Waals surface area contributed by atoms with Gasteiger partial charge in [0.15, 0.2) is 0 Å². The third-order valence-corrected chi connectivity index (χ3v) is 4.80. The fourth-order valence-electron chi connectivity index (χ4n) is 2.40. The number of halogens is 2. The molecule has 0 saturated heterocycles. The van der Waals surface area contributed by atoms with Crippen molar-refractivity contribution in [3.05, 3.63) is 23.0 Å².